The number of hydrogen-bond acceptors (Lipinski definition) is 5. The molecule has 1 amide bonds. The van der Waals surface area contributed by atoms with E-state index < -0.39 is 0 Å². The zero-order valence-electron chi connectivity index (χ0n) is 18.0. The third-order valence-electron chi connectivity index (χ3n) is 6.84. The summed E-state index contributed by atoms with van der Waals surface area (Å²) >= 11 is 0. The molecule has 4 heterocycles. The first kappa shape index (κ1) is 19.4. The summed E-state index contributed by atoms with van der Waals surface area (Å²) in [6.07, 6.45) is 4.37. The first-order valence-electron chi connectivity index (χ1n) is 10.5. The van der Waals surface area contributed by atoms with E-state index in [1.54, 1.807) is 19.5 Å². The number of nitrogens with zero attached hydrogens (tertiary/aromatic N) is 2. The summed E-state index contributed by atoms with van der Waals surface area (Å²) in [5, 5.41) is 0. The van der Waals surface area contributed by atoms with E-state index >= 15 is 0 Å². The Morgan fingerprint density at radius 3 is 2.80 bits per heavy atom. The minimum absolute atomic E-state index is 0.00885. The maximum absolute atomic E-state index is 12.9. The molecule has 1 aromatic carbocycles. The molecular weight excluding hydrogens is 380 g/mol. The second-order valence-electron chi connectivity index (χ2n) is 9.54. The number of aromatic nitrogens is 1. The maximum atomic E-state index is 12.9. The predicted molar refractivity (Wildman–Crippen MR) is 112 cm³/mol. The molecule has 0 radical (unpaired) electrons. The maximum Gasteiger partial charge on any atom is 0.255 e. The van der Waals surface area contributed by atoms with Crippen molar-refractivity contribution in [3.8, 4) is 11.5 Å². The molecule has 2 saturated heterocycles. The fourth-order valence-electron chi connectivity index (χ4n) is 5.28. The van der Waals surface area contributed by atoms with Crippen molar-refractivity contribution in [2.24, 2.45) is 11.3 Å². The average molecular weight is 408 g/mol. The SMILES string of the molecule is COc1cccc2c1OC(C)(C)[C@H]1CC3(CO[C@H]21)CN(C(=O)c1cncc(C)c1)C3. The summed E-state index contributed by atoms with van der Waals surface area (Å²) in [5.41, 5.74) is 2.32. The van der Waals surface area contributed by atoms with Crippen molar-refractivity contribution >= 4 is 5.91 Å². The smallest absolute Gasteiger partial charge is 0.255 e. The number of para-hydroxylation sites is 1. The third-order valence-corrected chi connectivity index (χ3v) is 6.84. The van der Waals surface area contributed by atoms with Gasteiger partial charge in [0.2, 0.25) is 0 Å². The molecule has 30 heavy (non-hydrogen) atoms. The van der Waals surface area contributed by atoms with E-state index in [4.69, 9.17) is 14.2 Å². The van der Waals surface area contributed by atoms with Crippen LogP contribution in [0.25, 0.3) is 0 Å². The van der Waals surface area contributed by atoms with E-state index in [-0.39, 0.29) is 28.9 Å². The number of benzene rings is 1. The first-order valence-corrected chi connectivity index (χ1v) is 10.5. The van der Waals surface area contributed by atoms with Gasteiger partial charge in [-0.3, -0.25) is 9.78 Å². The Hall–Kier alpha value is -2.60. The molecule has 2 fully saturated rings. The number of carbonyl (C=O) groups excluding carboxylic acids is 1. The molecule has 3 aliphatic rings. The molecule has 0 unspecified atom stereocenters. The molecule has 1 spiro atoms. The summed E-state index contributed by atoms with van der Waals surface area (Å²) in [5.74, 6) is 1.80. The quantitative estimate of drug-likeness (QED) is 0.757. The molecule has 2 aromatic rings. The number of likely N-dealkylation sites (tertiary alicyclic amines) is 1. The van der Waals surface area contributed by atoms with Crippen molar-refractivity contribution in [1.82, 2.24) is 9.88 Å². The summed E-state index contributed by atoms with van der Waals surface area (Å²) < 4.78 is 18.4. The molecule has 0 bridgehead atoms. The van der Waals surface area contributed by atoms with Crippen molar-refractivity contribution in [2.75, 3.05) is 26.8 Å². The minimum Gasteiger partial charge on any atom is -0.493 e. The minimum atomic E-state index is -0.384. The van der Waals surface area contributed by atoms with Crippen LogP contribution in [0.5, 0.6) is 11.5 Å². The highest BCUT2D eigenvalue weighted by atomic mass is 16.5. The number of hydrogen-bond donors (Lipinski definition) is 0. The van der Waals surface area contributed by atoms with Crippen LogP contribution in [0, 0.1) is 18.3 Å². The molecule has 6 heteroatoms. The van der Waals surface area contributed by atoms with Crippen LogP contribution >= 0.6 is 0 Å². The third kappa shape index (κ3) is 2.97. The van der Waals surface area contributed by atoms with Crippen molar-refractivity contribution in [3.63, 3.8) is 0 Å². The topological polar surface area (TPSA) is 60.9 Å². The number of aryl methyl sites for hydroxylation is 1. The number of carbonyl (C=O) groups is 1. The van der Waals surface area contributed by atoms with Gasteiger partial charge in [-0.25, -0.2) is 0 Å². The molecule has 158 valence electrons. The molecule has 5 rings (SSSR count). The van der Waals surface area contributed by atoms with Gasteiger partial charge in [-0.1, -0.05) is 12.1 Å². The fraction of sp³-hybridized carbons (Fsp3) is 0.500. The Balaban J connectivity index is 1.35. The average Bonchev–Trinajstić information content (AvgIpc) is 2.70. The first-order chi connectivity index (χ1) is 14.3. The Morgan fingerprint density at radius 1 is 1.27 bits per heavy atom. The van der Waals surface area contributed by atoms with Gasteiger partial charge in [-0.2, -0.15) is 0 Å². The summed E-state index contributed by atoms with van der Waals surface area (Å²) in [6, 6.07) is 7.89. The highest BCUT2D eigenvalue weighted by Gasteiger charge is 2.57. The molecule has 0 N–H and O–H groups in total. The van der Waals surface area contributed by atoms with Crippen LogP contribution in [-0.2, 0) is 4.74 Å². The Labute approximate surface area is 177 Å². The number of fused-ring (bicyclic) bond motifs is 3. The van der Waals surface area contributed by atoms with Gasteiger partial charge in [-0.05, 0) is 44.9 Å². The van der Waals surface area contributed by atoms with Gasteiger partial charge in [0, 0.05) is 42.4 Å². The standard InChI is InChI=1S/C24H28N2O4/c1-15-8-16(11-25-10-15)22(27)26-12-24(13-26)9-18-20(29-14-24)17-6-5-7-19(28-4)21(17)30-23(18,2)3/h5-8,10-11,18,20H,9,12-14H2,1-4H3/t18-,20+/m0/s1. The highest BCUT2D eigenvalue weighted by molar-refractivity contribution is 5.94. The number of methoxy groups -OCH3 is 1. The predicted octanol–water partition coefficient (Wildman–Crippen LogP) is 3.79. The van der Waals surface area contributed by atoms with Gasteiger partial charge < -0.3 is 19.1 Å². The van der Waals surface area contributed by atoms with Crippen LogP contribution in [0.2, 0.25) is 0 Å². The zero-order valence-corrected chi connectivity index (χ0v) is 18.0. The van der Waals surface area contributed by atoms with Crippen LogP contribution in [0.4, 0.5) is 0 Å². The van der Waals surface area contributed by atoms with Gasteiger partial charge in [0.1, 0.15) is 5.60 Å². The van der Waals surface area contributed by atoms with Gasteiger partial charge in [-0.15, -0.1) is 0 Å². The second kappa shape index (κ2) is 6.71. The lowest BCUT2D eigenvalue weighted by molar-refractivity contribution is -0.192. The van der Waals surface area contributed by atoms with E-state index in [0.29, 0.717) is 25.3 Å². The molecule has 2 atom stereocenters. The van der Waals surface area contributed by atoms with Gasteiger partial charge >= 0.3 is 0 Å². The van der Waals surface area contributed by atoms with Gasteiger partial charge in [0.05, 0.1) is 25.4 Å². The zero-order chi connectivity index (χ0) is 21.1. The highest BCUT2D eigenvalue weighted by Crippen LogP contribution is 2.56. The number of amides is 1. The summed E-state index contributed by atoms with van der Waals surface area (Å²) in [7, 11) is 1.67. The van der Waals surface area contributed by atoms with E-state index in [1.165, 1.54) is 0 Å². The van der Waals surface area contributed by atoms with Crippen molar-refractivity contribution in [1.29, 1.82) is 0 Å². The van der Waals surface area contributed by atoms with Crippen LogP contribution in [0.3, 0.4) is 0 Å². The molecule has 0 saturated carbocycles. The second-order valence-corrected chi connectivity index (χ2v) is 9.54. The van der Waals surface area contributed by atoms with Crippen LogP contribution in [0.15, 0.2) is 36.7 Å². The monoisotopic (exact) mass is 408 g/mol. The van der Waals surface area contributed by atoms with Crippen molar-refractivity contribution in [3.05, 3.63) is 53.3 Å². The van der Waals surface area contributed by atoms with Crippen LogP contribution < -0.4 is 9.47 Å². The Bertz CT molecular complexity index is 996. The normalized spacial score (nSPS) is 25.5. The fourth-order valence-corrected chi connectivity index (χ4v) is 5.28. The number of pyridine rings is 1. The molecular formula is C24H28N2O4. The Morgan fingerprint density at radius 2 is 2.07 bits per heavy atom. The molecule has 1 aromatic heterocycles. The van der Waals surface area contributed by atoms with Crippen molar-refractivity contribution < 1.29 is 19.0 Å². The molecule has 6 nitrogen and oxygen atoms in total. The summed E-state index contributed by atoms with van der Waals surface area (Å²) in [6.45, 7) is 8.28. The van der Waals surface area contributed by atoms with E-state index in [2.05, 4.69) is 24.9 Å². The lowest BCUT2D eigenvalue weighted by Crippen LogP contribution is -2.65. The lowest BCUT2D eigenvalue weighted by Gasteiger charge is -2.58. The van der Waals surface area contributed by atoms with Gasteiger partial charge in [0.15, 0.2) is 11.5 Å². The van der Waals surface area contributed by atoms with Crippen LogP contribution in [-0.4, -0.2) is 48.2 Å². The number of rotatable bonds is 2. The lowest BCUT2D eigenvalue weighted by atomic mass is 9.64. The van der Waals surface area contributed by atoms with Crippen LogP contribution in [0.1, 0.15) is 47.9 Å². The number of ether oxygens (including phenoxy) is 3. The van der Waals surface area contributed by atoms with E-state index in [1.807, 2.05) is 30.0 Å². The van der Waals surface area contributed by atoms with E-state index in [9.17, 15) is 4.79 Å². The van der Waals surface area contributed by atoms with E-state index in [0.717, 1.165) is 29.0 Å². The summed E-state index contributed by atoms with van der Waals surface area (Å²) in [4.78, 5) is 18.9. The van der Waals surface area contributed by atoms with Gasteiger partial charge in [0.25, 0.3) is 5.91 Å². The van der Waals surface area contributed by atoms with Crippen molar-refractivity contribution in [2.45, 2.75) is 38.9 Å². The molecule has 3 aliphatic heterocycles. The Kier molecular flexibility index (Phi) is 4.33. The largest absolute Gasteiger partial charge is 0.493 e. The molecule has 0 aliphatic carbocycles.